The lowest BCUT2D eigenvalue weighted by atomic mass is 10.1. The predicted molar refractivity (Wildman–Crippen MR) is 119 cm³/mol. The average molecular weight is 452 g/mol. The SMILES string of the molecule is CCNC(=O)c1ccc(Nc2nccc(-c3ccc(NC(=O)[C@@H]4CC4(F)F)nc3)n2)cc1C. The number of aryl methyl sites for hydroxylation is 1. The second-order valence-electron chi connectivity index (χ2n) is 7.72. The minimum atomic E-state index is -2.92. The van der Waals surface area contributed by atoms with Crippen molar-refractivity contribution >= 4 is 29.3 Å². The molecule has 10 heteroatoms. The van der Waals surface area contributed by atoms with Gasteiger partial charge in [0.1, 0.15) is 11.7 Å². The number of alkyl halides is 2. The number of benzene rings is 1. The molecule has 2 aromatic heterocycles. The second kappa shape index (κ2) is 8.89. The van der Waals surface area contributed by atoms with Gasteiger partial charge >= 0.3 is 0 Å². The molecular formula is C23H22F2N6O2. The minimum Gasteiger partial charge on any atom is -0.352 e. The third-order valence-corrected chi connectivity index (χ3v) is 5.17. The molecule has 8 nitrogen and oxygen atoms in total. The molecule has 2 amide bonds. The van der Waals surface area contributed by atoms with Crippen molar-refractivity contribution in [2.45, 2.75) is 26.2 Å². The zero-order valence-electron chi connectivity index (χ0n) is 18.0. The Morgan fingerprint density at radius 1 is 1.15 bits per heavy atom. The number of pyridine rings is 1. The number of nitrogens with zero attached hydrogens (tertiary/aromatic N) is 3. The van der Waals surface area contributed by atoms with Crippen molar-refractivity contribution in [1.82, 2.24) is 20.3 Å². The summed E-state index contributed by atoms with van der Waals surface area (Å²) in [6.07, 6.45) is 2.66. The number of hydrogen-bond acceptors (Lipinski definition) is 6. The van der Waals surface area contributed by atoms with Gasteiger partial charge < -0.3 is 16.0 Å². The molecule has 3 N–H and O–H groups in total. The van der Waals surface area contributed by atoms with Gasteiger partial charge in [0.2, 0.25) is 11.9 Å². The van der Waals surface area contributed by atoms with Crippen molar-refractivity contribution in [3.05, 3.63) is 59.9 Å². The van der Waals surface area contributed by atoms with Crippen LogP contribution in [0.15, 0.2) is 48.8 Å². The van der Waals surface area contributed by atoms with Crippen LogP contribution in [0.4, 0.5) is 26.2 Å². The first-order valence-corrected chi connectivity index (χ1v) is 10.4. The highest BCUT2D eigenvalue weighted by Gasteiger charge is 2.61. The van der Waals surface area contributed by atoms with Gasteiger partial charge in [0.05, 0.1) is 5.69 Å². The molecule has 0 aliphatic heterocycles. The van der Waals surface area contributed by atoms with Crippen LogP contribution in [0.25, 0.3) is 11.3 Å². The first-order chi connectivity index (χ1) is 15.8. The lowest BCUT2D eigenvalue weighted by Crippen LogP contribution is -2.23. The van der Waals surface area contributed by atoms with Gasteiger partial charge in [-0.3, -0.25) is 9.59 Å². The van der Waals surface area contributed by atoms with Gasteiger partial charge in [-0.25, -0.2) is 23.7 Å². The van der Waals surface area contributed by atoms with Gasteiger partial charge in [-0.05, 0) is 55.8 Å². The van der Waals surface area contributed by atoms with E-state index in [1.165, 1.54) is 12.3 Å². The van der Waals surface area contributed by atoms with E-state index in [2.05, 4.69) is 30.9 Å². The van der Waals surface area contributed by atoms with Crippen molar-refractivity contribution in [3.8, 4) is 11.3 Å². The van der Waals surface area contributed by atoms with E-state index in [4.69, 9.17) is 0 Å². The first kappa shape index (κ1) is 22.3. The van der Waals surface area contributed by atoms with Crippen LogP contribution in [0.3, 0.4) is 0 Å². The summed E-state index contributed by atoms with van der Waals surface area (Å²) in [4.78, 5) is 36.7. The number of amides is 2. The van der Waals surface area contributed by atoms with E-state index in [0.29, 0.717) is 29.3 Å². The Kier molecular flexibility index (Phi) is 5.99. The molecule has 4 rings (SSSR count). The number of anilines is 3. The lowest BCUT2D eigenvalue weighted by molar-refractivity contribution is -0.119. The van der Waals surface area contributed by atoms with Crippen LogP contribution >= 0.6 is 0 Å². The van der Waals surface area contributed by atoms with Gasteiger partial charge in [-0.2, -0.15) is 0 Å². The minimum absolute atomic E-state index is 0.127. The molecule has 170 valence electrons. The molecule has 0 bridgehead atoms. The van der Waals surface area contributed by atoms with Crippen molar-refractivity contribution in [2.75, 3.05) is 17.2 Å². The maximum Gasteiger partial charge on any atom is 0.260 e. The predicted octanol–water partition coefficient (Wildman–Crippen LogP) is 3.93. The van der Waals surface area contributed by atoms with E-state index >= 15 is 0 Å². The molecule has 1 fully saturated rings. The average Bonchev–Trinajstić information content (AvgIpc) is 3.43. The van der Waals surface area contributed by atoms with E-state index in [1.807, 2.05) is 19.9 Å². The maximum atomic E-state index is 13.0. The Bertz CT molecular complexity index is 1200. The molecule has 0 unspecified atom stereocenters. The molecule has 1 atom stereocenters. The summed E-state index contributed by atoms with van der Waals surface area (Å²) in [5.74, 6) is -4.52. The molecule has 0 spiro atoms. The molecule has 33 heavy (non-hydrogen) atoms. The quantitative estimate of drug-likeness (QED) is 0.501. The first-order valence-electron chi connectivity index (χ1n) is 10.4. The van der Waals surface area contributed by atoms with E-state index in [-0.39, 0.29) is 11.7 Å². The highest BCUT2D eigenvalue weighted by Crippen LogP contribution is 2.49. The van der Waals surface area contributed by atoms with Gasteiger partial charge in [0, 0.05) is 42.2 Å². The van der Waals surface area contributed by atoms with Crippen LogP contribution in [0.5, 0.6) is 0 Å². The molecule has 1 aromatic carbocycles. The Balaban J connectivity index is 1.44. The molecule has 1 aliphatic carbocycles. The summed E-state index contributed by atoms with van der Waals surface area (Å²) in [5, 5.41) is 8.30. The van der Waals surface area contributed by atoms with Crippen LogP contribution < -0.4 is 16.0 Å². The van der Waals surface area contributed by atoms with Crippen molar-refractivity contribution < 1.29 is 18.4 Å². The monoisotopic (exact) mass is 452 g/mol. The fraction of sp³-hybridized carbons (Fsp3) is 0.261. The highest BCUT2D eigenvalue weighted by atomic mass is 19.3. The second-order valence-corrected chi connectivity index (χ2v) is 7.72. The van der Waals surface area contributed by atoms with Crippen molar-refractivity contribution in [3.63, 3.8) is 0 Å². The molecule has 1 saturated carbocycles. The fourth-order valence-electron chi connectivity index (χ4n) is 3.29. The van der Waals surface area contributed by atoms with Crippen LogP contribution in [0.2, 0.25) is 0 Å². The number of nitrogens with one attached hydrogen (secondary N) is 3. The standard InChI is InChI=1S/C23H22F2N6O2/c1-3-26-20(32)16-6-5-15(10-13(16)2)29-22-27-9-8-18(30-22)14-4-7-19(28-12-14)31-21(33)17-11-23(17,24)25/h4-10,12,17H,3,11H2,1-2H3,(H,26,32)(H,27,29,30)(H,28,31,33)/t17-/m0/s1. The van der Waals surface area contributed by atoms with Crippen LogP contribution in [-0.4, -0.2) is 39.2 Å². The molecule has 0 saturated heterocycles. The molecule has 0 radical (unpaired) electrons. The lowest BCUT2D eigenvalue weighted by Gasteiger charge is -2.10. The van der Waals surface area contributed by atoms with E-state index in [0.717, 1.165) is 11.3 Å². The van der Waals surface area contributed by atoms with Crippen molar-refractivity contribution in [2.24, 2.45) is 5.92 Å². The van der Waals surface area contributed by atoms with Gasteiger partial charge in [0.15, 0.2) is 0 Å². The Hall–Kier alpha value is -3.95. The number of hydrogen-bond donors (Lipinski definition) is 3. The summed E-state index contributed by atoms with van der Waals surface area (Å²) in [5.41, 5.74) is 3.39. The van der Waals surface area contributed by atoms with Gasteiger partial charge in [-0.1, -0.05) is 0 Å². The summed E-state index contributed by atoms with van der Waals surface area (Å²) < 4.78 is 26.0. The van der Waals surface area contributed by atoms with Crippen LogP contribution in [0.1, 0.15) is 29.3 Å². The number of carbonyl (C=O) groups is 2. The molecule has 1 aliphatic rings. The van der Waals surface area contributed by atoms with Crippen molar-refractivity contribution in [1.29, 1.82) is 0 Å². The van der Waals surface area contributed by atoms with Gasteiger partial charge in [0.25, 0.3) is 11.8 Å². The summed E-state index contributed by atoms with van der Waals surface area (Å²) >= 11 is 0. The van der Waals surface area contributed by atoms with E-state index in [1.54, 1.807) is 30.5 Å². The normalized spacial score (nSPS) is 16.1. The van der Waals surface area contributed by atoms with Gasteiger partial charge in [-0.15, -0.1) is 0 Å². The largest absolute Gasteiger partial charge is 0.352 e. The zero-order chi connectivity index (χ0) is 23.6. The highest BCUT2D eigenvalue weighted by molar-refractivity contribution is 5.96. The molecule has 2 heterocycles. The third kappa shape index (κ3) is 5.11. The topological polar surface area (TPSA) is 109 Å². The number of halogens is 2. The summed E-state index contributed by atoms with van der Waals surface area (Å²) in [6.45, 7) is 4.27. The van der Waals surface area contributed by atoms with Crippen LogP contribution in [-0.2, 0) is 4.79 Å². The summed E-state index contributed by atoms with van der Waals surface area (Å²) in [6, 6.07) is 10.3. The Morgan fingerprint density at radius 3 is 2.58 bits per heavy atom. The summed E-state index contributed by atoms with van der Waals surface area (Å²) in [7, 11) is 0. The zero-order valence-corrected chi connectivity index (χ0v) is 18.0. The third-order valence-electron chi connectivity index (χ3n) is 5.17. The maximum absolute atomic E-state index is 13.0. The van der Waals surface area contributed by atoms with E-state index < -0.39 is 24.2 Å². The number of carbonyl (C=O) groups excluding carboxylic acids is 2. The number of rotatable bonds is 7. The Labute approximate surface area is 188 Å². The van der Waals surface area contributed by atoms with Crippen LogP contribution in [0, 0.1) is 12.8 Å². The number of aromatic nitrogens is 3. The fourth-order valence-corrected chi connectivity index (χ4v) is 3.29. The molecule has 3 aromatic rings. The Morgan fingerprint density at radius 2 is 1.94 bits per heavy atom. The van der Waals surface area contributed by atoms with E-state index in [9.17, 15) is 18.4 Å². The smallest absolute Gasteiger partial charge is 0.260 e. The molecular weight excluding hydrogens is 430 g/mol.